The number of ether oxygens (including phenoxy) is 1. The van der Waals surface area contributed by atoms with E-state index in [1.807, 2.05) is 12.1 Å². The van der Waals surface area contributed by atoms with Crippen molar-refractivity contribution < 1.29 is 9.53 Å². The Hall–Kier alpha value is -2.59. The predicted octanol–water partition coefficient (Wildman–Crippen LogP) is 4.28. The molecule has 1 unspecified atom stereocenters. The lowest BCUT2D eigenvalue weighted by molar-refractivity contribution is -0.143. The molecule has 130 valence electrons. The van der Waals surface area contributed by atoms with Gasteiger partial charge in [-0.05, 0) is 54.1 Å². The van der Waals surface area contributed by atoms with E-state index in [-0.39, 0.29) is 18.4 Å². The van der Waals surface area contributed by atoms with Gasteiger partial charge in [-0.3, -0.25) is 4.79 Å². The molecular formula is C21H24N2O2. The highest BCUT2D eigenvalue weighted by Gasteiger charge is 2.13. The van der Waals surface area contributed by atoms with Crippen LogP contribution in [0, 0.1) is 0 Å². The first kappa shape index (κ1) is 17.2. The second-order valence-corrected chi connectivity index (χ2v) is 6.12. The van der Waals surface area contributed by atoms with E-state index in [9.17, 15) is 4.79 Å². The molecule has 0 radical (unpaired) electrons. The summed E-state index contributed by atoms with van der Waals surface area (Å²) in [6.45, 7) is 5.26. The summed E-state index contributed by atoms with van der Waals surface area (Å²) in [6.07, 6.45) is 2.30. The molecule has 0 aliphatic heterocycles. The number of aromatic nitrogens is 1. The SMILES string of the molecule is CCOC(=O)CC(N)c1cccc(-c2ccc3ccn(CC)c3c2)c1. The molecule has 2 aromatic carbocycles. The third-order valence-corrected chi connectivity index (χ3v) is 4.45. The minimum Gasteiger partial charge on any atom is -0.466 e. The number of benzene rings is 2. The maximum absolute atomic E-state index is 11.7. The van der Waals surface area contributed by atoms with Gasteiger partial charge in [-0.2, -0.15) is 0 Å². The summed E-state index contributed by atoms with van der Waals surface area (Å²) in [5.74, 6) is -0.261. The summed E-state index contributed by atoms with van der Waals surface area (Å²) in [5, 5.41) is 1.24. The van der Waals surface area contributed by atoms with Crippen molar-refractivity contribution in [2.75, 3.05) is 6.61 Å². The highest BCUT2D eigenvalue weighted by molar-refractivity contribution is 5.85. The summed E-state index contributed by atoms with van der Waals surface area (Å²) >= 11 is 0. The molecule has 0 bridgehead atoms. The molecule has 25 heavy (non-hydrogen) atoms. The van der Waals surface area contributed by atoms with Crippen molar-refractivity contribution in [3.8, 4) is 11.1 Å². The fraction of sp³-hybridized carbons (Fsp3) is 0.286. The van der Waals surface area contributed by atoms with Crippen LogP contribution in [0.25, 0.3) is 22.0 Å². The summed E-state index contributed by atoms with van der Waals surface area (Å²) < 4.78 is 7.22. The Balaban J connectivity index is 1.89. The largest absolute Gasteiger partial charge is 0.466 e. The Morgan fingerprint density at radius 3 is 2.68 bits per heavy atom. The van der Waals surface area contributed by atoms with Crippen LogP contribution < -0.4 is 5.73 Å². The van der Waals surface area contributed by atoms with E-state index in [1.54, 1.807) is 6.92 Å². The lowest BCUT2D eigenvalue weighted by atomic mass is 9.98. The van der Waals surface area contributed by atoms with E-state index in [2.05, 4.69) is 54.1 Å². The average Bonchev–Trinajstić information content (AvgIpc) is 3.04. The molecule has 0 amide bonds. The van der Waals surface area contributed by atoms with Gasteiger partial charge >= 0.3 is 5.97 Å². The molecule has 4 heteroatoms. The molecule has 3 aromatic rings. The lowest BCUT2D eigenvalue weighted by Gasteiger charge is -2.13. The van der Waals surface area contributed by atoms with Gasteiger partial charge in [-0.25, -0.2) is 0 Å². The molecule has 0 aliphatic carbocycles. The zero-order valence-corrected chi connectivity index (χ0v) is 14.7. The molecule has 3 rings (SSSR count). The van der Waals surface area contributed by atoms with Gasteiger partial charge in [0.15, 0.2) is 0 Å². The second-order valence-electron chi connectivity index (χ2n) is 6.12. The monoisotopic (exact) mass is 336 g/mol. The number of aryl methyl sites for hydroxylation is 1. The van der Waals surface area contributed by atoms with Gasteiger partial charge in [0.25, 0.3) is 0 Å². The van der Waals surface area contributed by atoms with Crippen LogP contribution in [0.3, 0.4) is 0 Å². The van der Waals surface area contributed by atoms with Crippen LogP contribution >= 0.6 is 0 Å². The van der Waals surface area contributed by atoms with Crippen LogP contribution in [-0.4, -0.2) is 17.1 Å². The van der Waals surface area contributed by atoms with Gasteiger partial charge in [0, 0.05) is 24.3 Å². The summed E-state index contributed by atoms with van der Waals surface area (Å²) in [4.78, 5) is 11.7. The number of esters is 1. The fourth-order valence-corrected chi connectivity index (χ4v) is 3.11. The van der Waals surface area contributed by atoms with Crippen molar-refractivity contribution in [3.63, 3.8) is 0 Å². The van der Waals surface area contributed by atoms with Crippen LogP contribution in [0.5, 0.6) is 0 Å². The second kappa shape index (κ2) is 7.53. The summed E-state index contributed by atoms with van der Waals surface area (Å²) in [5.41, 5.74) is 10.6. The smallest absolute Gasteiger partial charge is 0.307 e. The molecule has 0 saturated heterocycles. The topological polar surface area (TPSA) is 57.2 Å². The third-order valence-electron chi connectivity index (χ3n) is 4.45. The van der Waals surface area contributed by atoms with Gasteiger partial charge < -0.3 is 15.0 Å². The first-order chi connectivity index (χ1) is 12.1. The minimum atomic E-state index is -0.359. The zero-order chi connectivity index (χ0) is 17.8. The van der Waals surface area contributed by atoms with Crippen LogP contribution in [-0.2, 0) is 16.1 Å². The normalized spacial score (nSPS) is 12.3. The third kappa shape index (κ3) is 3.74. The first-order valence-electron chi connectivity index (χ1n) is 8.72. The molecule has 0 spiro atoms. The Kier molecular flexibility index (Phi) is 5.19. The number of carbonyl (C=O) groups is 1. The minimum absolute atomic E-state index is 0.189. The Morgan fingerprint density at radius 1 is 1.12 bits per heavy atom. The molecule has 1 aromatic heterocycles. The molecule has 1 heterocycles. The quantitative estimate of drug-likeness (QED) is 0.684. The maximum atomic E-state index is 11.7. The molecule has 2 N–H and O–H groups in total. The van der Waals surface area contributed by atoms with Crippen molar-refractivity contribution in [1.29, 1.82) is 0 Å². The molecule has 0 aliphatic rings. The number of nitrogens with zero attached hydrogens (tertiary/aromatic N) is 1. The van der Waals surface area contributed by atoms with Gasteiger partial charge in [0.1, 0.15) is 0 Å². The van der Waals surface area contributed by atoms with Crippen molar-refractivity contribution >= 4 is 16.9 Å². The summed E-state index contributed by atoms with van der Waals surface area (Å²) in [7, 11) is 0. The number of hydrogen-bond donors (Lipinski definition) is 1. The Bertz CT molecular complexity index is 882. The molecule has 0 saturated carbocycles. The van der Waals surface area contributed by atoms with E-state index < -0.39 is 0 Å². The molecular weight excluding hydrogens is 312 g/mol. The van der Waals surface area contributed by atoms with Crippen LogP contribution in [0.2, 0.25) is 0 Å². The predicted molar refractivity (Wildman–Crippen MR) is 101 cm³/mol. The van der Waals surface area contributed by atoms with Gasteiger partial charge in [-0.15, -0.1) is 0 Å². The number of hydrogen-bond acceptors (Lipinski definition) is 3. The van der Waals surface area contributed by atoms with E-state index in [4.69, 9.17) is 10.5 Å². The lowest BCUT2D eigenvalue weighted by Crippen LogP contribution is -2.17. The van der Waals surface area contributed by atoms with Crippen molar-refractivity contribution in [2.24, 2.45) is 5.73 Å². The average molecular weight is 336 g/mol. The zero-order valence-electron chi connectivity index (χ0n) is 14.7. The van der Waals surface area contributed by atoms with Gasteiger partial charge in [-0.1, -0.05) is 30.3 Å². The van der Waals surface area contributed by atoms with Crippen LogP contribution in [0.4, 0.5) is 0 Å². The first-order valence-corrected chi connectivity index (χ1v) is 8.72. The van der Waals surface area contributed by atoms with Gasteiger partial charge in [0.05, 0.1) is 13.0 Å². The van der Waals surface area contributed by atoms with E-state index in [1.165, 1.54) is 10.9 Å². The number of fused-ring (bicyclic) bond motifs is 1. The summed E-state index contributed by atoms with van der Waals surface area (Å²) in [6, 6.07) is 16.3. The van der Waals surface area contributed by atoms with Crippen molar-refractivity contribution in [1.82, 2.24) is 4.57 Å². The van der Waals surface area contributed by atoms with E-state index >= 15 is 0 Å². The molecule has 4 nitrogen and oxygen atoms in total. The van der Waals surface area contributed by atoms with Gasteiger partial charge in [0.2, 0.25) is 0 Å². The van der Waals surface area contributed by atoms with Crippen LogP contribution in [0.15, 0.2) is 54.7 Å². The Labute approximate surface area is 148 Å². The van der Waals surface area contributed by atoms with E-state index in [0.717, 1.165) is 23.2 Å². The fourth-order valence-electron chi connectivity index (χ4n) is 3.11. The highest BCUT2D eigenvalue weighted by atomic mass is 16.5. The highest BCUT2D eigenvalue weighted by Crippen LogP contribution is 2.27. The maximum Gasteiger partial charge on any atom is 0.307 e. The van der Waals surface area contributed by atoms with Crippen molar-refractivity contribution in [2.45, 2.75) is 32.9 Å². The number of carbonyl (C=O) groups excluding carboxylic acids is 1. The van der Waals surface area contributed by atoms with E-state index in [0.29, 0.717) is 6.61 Å². The van der Waals surface area contributed by atoms with Crippen LogP contribution in [0.1, 0.15) is 31.9 Å². The molecule has 1 atom stereocenters. The Morgan fingerprint density at radius 2 is 1.92 bits per heavy atom. The standard InChI is InChI=1S/C21H24N2O2/c1-3-23-11-10-15-8-9-17(13-20(15)23)16-6-5-7-18(12-16)19(22)14-21(24)25-4-2/h5-13,19H,3-4,14,22H2,1-2H3. The number of nitrogens with two attached hydrogens (primary N) is 1. The molecule has 0 fully saturated rings. The van der Waals surface area contributed by atoms with Crippen molar-refractivity contribution in [3.05, 3.63) is 60.3 Å². The number of rotatable bonds is 6.